The van der Waals surface area contributed by atoms with Crippen molar-refractivity contribution in [2.75, 3.05) is 6.54 Å². The predicted molar refractivity (Wildman–Crippen MR) is 71.9 cm³/mol. The van der Waals surface area contributed by atoms with E-state index in [1.807, 2.05) is 17.5 Å². The lowest BCUT2D eigenvalue weighted by Crippen LogP contribution is -2.27. The van der Waals surface area contributed by atoms with Crippen LogP contribution < -0.4 is 5.32 Å². The van der Waals surface area contributed by atoms with Crippen LogP contribution in [-0.4, -0.2) is 17.2 Å². The van der Waals surface area contributed by atoms with Gasteiger partial charge in [-0.1, -0.05) is 31.4 Å². The molecule has 0 aliphatic rings. The second-order valence-electron chi connectivity index (χ2n) is 2.67. The Balaban J connectivity index is 2.50. The van der Waals surface area contributed by atoms with Crippen LogP contribution >= 0.6 is 23.6 Å². The van der Waals surface area contributed by atoms with Gasteiger partial charge in [0.25, 0.3) is 0 Å². The van der Waals surface area contributed by atoms with Crippen LogP contribution in [0.25, 0.3) is 0 Å². The summed E-state index contributed by atoms with van der Waals surface area (Å²) in [6.45, 7) is 7.77. The Bertz CT molecular complexity index is 377. The van der Waals surface area contributed by atoms with Crippen molar-refractivity contribution in [3.05, 3.63) is 47.8 Å². The Morgan fingerprint density at radius 1 is 1.60 bits per heavy atom. The quantitative estimate of drug-likeness (QED) is 0.628. The summed E-state index contributed by atoms with van der Waals surface area (Å²) in [4.78, 5) is 5.84. The van der Waals surface area contributed by atoms with Crippen molar-refractivity contribution in [2.45, 2.75) is 0 Å². The second-order valence-corrected chi connectivity index (χ2v) is 4.02. The molecular formula is C11H12N2S2. The van der Waals surface area contributed by atoms with Gasteiger partial charge < -0.3 is 5.32 Å². The molecule has 0 aliphatic carbocycles. The molecule has 0 aromatic carbocycles. The first-order valence-corrected chi connectivity index (χ1v) is 5.68. The number of hydrogen-bond acceptors (Lipinski definition) is 3. The molecule has 0 atom stereocenters. The van der Waals surface area contributed by atoms with E-state index in [0.717, 1.165) is 15.6 Å². The molecule has 0 amide bonds. The molecule has 1 aromatic heterocycles. The highest BCUT2D eigenvalue weighted by atomic mass is 32.1. The van der Waals surface area contributed by atoms with E-state index in [4.69, 9.17) is 12.2 Å². The van der Waals surface area contributed by atoms with Crippen LogP contribution in [0, 0.1) is 0 Å². The van der Waals surface area contributed by atoms with Crippen LogP contribution in [-0.2, 0) is 0 Å². The summed E-state index contributed by atoms with van der Waals surface area (Å²) in [5, 5.41) is 5.11. The highest BCUT2D eigenvalue weighted by Crippen LogP contribution is 2.08. The Hall–Kier alpha value is -1.26. The van der Waals surface area contributed by atoms with E-state index < -0.39 is 0 Å². The smallest absolute Gasteiger partial charge is 0.117 e. The minimum absolute atomic E-state index is 0.576. The first-order valence-electron chi connectivity index (χ1n) is 4.39. The first kappa shape index (κ1) is 11.8. The fourth-order valence-electron chi connectivity index (χ4n) is 0.953. The van der Waals surface area contributed by atoms with Gasteiger partial charge in [0.2, 0.25) is 0 Å². The fourth-order valence-corrected chi connectivity index (χ4v) is 1.88. The van der Waals surface area contributed by atoms with E-state index >= 15 is 0 Å². The highest BCUT2D eigenvalue weighted by molar-refractivity contribution is 7.81. The van der Waals surface area contributed by atoms with Gasteiger partial charge in [-0.3, -0.25) is 4.99 Å². The number of nitrogens with zero attached hydrogens (tertiary/aromatic N) is 1. The highest BCUT2D eigenvalue weighted by Gasteiger charge is 2.01. The minimum Gasteiger partial charge on any atom is -0.369 e. The molecule has 1 aromatic rings. The molecule has 0 saturated heterocycles. The Morgan fingerprint density at radius 2 is 2.40 bits per heavy atom. The summed E-state index contributed by atoms with van der Waals surface area (Å²) in [5.41, 5.74) is 0.823. The van der Waals surface area contributed by atoms with Gasteiger partial charge in [-0.05, 0) is 17.5 Å². The maximum Gasteiger partial charge on any atom is 0.117 e. The lowest BCUT2D eigenvalue weighted by Gasteiger charge is -2.05. The summed E-state index contributed by atoms with van der Waals surface area (Å²) in [6.07, 6.45) is 3.18. The number of aliphatic imine (C=N–C) groups is 1. The SMILES string of the molecule is C=CN=C(C=C)CNC(=S)c1cccs1. The topological polar surface area (TPSA) is 24.4 Å². The van der Waals surface area contributed by atoms with Crippen molar-refractivity contribution in [1.29, 1.82) is 0 Å². The average molecular weight is 236 g/mol. The van der Waals surface area contributed by atoms with Gasteiger partial charge in [0.1, 0.15) is 4.99 Å². The van der Waals surface area contributed by atoms with Crippen molar-refractivity contribution in [2.24, 2.45) is 4.99 Å². The van der Waals surface area contributed by atoms with Gasteiger partial charge in [-0.25, -0.2) is 0 Å². The van der Waals surface area contributed by atoms with E-state index in [1.54, 1.807) is 17.4 Å². The summed E-state index contributed by atoms with van der Waals surface area (Å²) < 4.78 is 0. The Kier molecular flexibility index (Phi) is 4.93. The van der Waals surface area contributed by atoms with Crippen LogP contribution in [0.4, 0.5) is 0 Å². The van der Waals surface area contributed by atoms with E-state index in [-0.39, 0.29) is 0 Å². The van der Waals surface area contributed by atoms with Gasteiger partial charge >= 0.3 is 0 Å². The average Bonchev–Trinajstić information content (AvgIpc) is 2.77. The van der Waals surface area contributed by atoms with Crippen LogP contribution in [0.3, 0.4) is 0 Å². The van der Waals surface area contributed by atoms with Crippen LogP contribution in [0.5, 0.6) is 0 Å². The predicted octanol–water partition coefficient (Wildman–Crippen LogP) is 2.78. The molecule has 0 unspecified atom stereocenters. The van der Waals surface area contributed by atoms with E-state index in [1.165, 1.54) is 6.20 Å². The number of thiocarbonyl (C=S) groups is 1. The third kappa shape index (κ3) is 3.77. The molecule has 15 heavy (non-hydrogen) atoms. The van der Waals surface area contributed by atoms with Crippen LogP contribution in [0.1, 0.15) is 4.88 Å². The summed E-state index contributed by atoms with van der Waals surface area (Å²) in [7, 11) is 0. The number of rotatable bonds is 5. The Labute approximate surface area is 99.1 Å². The van der Waals surface area contributed by atoms with Crippen molar-refractivity contribution < 1.29 is 0 Å². The number of hydrogen-bond donors (Lipinski definition) is 1. The van der Waals surface area contributed by atoms with Crippen molar-refractivity contribution in [1.82, 2.24) is 5.32 Å². The summed E-state index contributed by atoms with van der Waals surface area (Å²) in [5.74, 6) is 0. The molecule has 0 saturated carbocycles. The normalized spacial score (nSPS) is 10.8. The Morgan fingerprint density at radius 3 is 2.93 bits per heavy atom. The largest absolute Gasteiger partial charge is 0.369 e. The molecule has 78 valence electrons. The molecule has 0 fully saturated rings. The zero-order valence-corrected chi connectivity index (χ0v) is 9.90. The molecule has 2 nitrogen and oxygen atoms in total. The van der Waals surface area contributed by atoms with Gasteiger partial charge in [-0.2, -0.15) is 0 Å². The second kappa shape index (κ2) is 6.27. The maximum absolute atomic E-state index is 5.21. The lowest BCUT2D eigenvalue weighted by atomic mass is 10.3. The van der Waals surface area contributed by atoms with Crippen molar-refractivity contribution >= 4 is 34.3 Å². The van der Waals surface area contributed by atoms with E-state index in [9.17, 15) is 0 Å². The van der Waals surface area contributed by atoms with Gasteiger partial charge in [0, 0.05) is 6.20 Å². The van der Waals surface area contributed by atoms with Crippen molar-refractivity contribution in [3.8, 4) is 0 Å². The molecule has 0 bridgehead atoms. The summed E-state index contributed by atoms with van der Waals surface area (Å²) >= 11 is 6.82. The zero-order chi connectivity index (χ0) is 11.1. The molecule has 0 aliphatic heterocycles. The number of thiophene rings is 1. The molecule has 4 heteroatoms. The molecule has 0 spiro atoms. The fraction of sp³-hybridized carbons (Fsp3) is 0.0909. The van der Waals surface area contributed by atoms with Gasteiger partial charge in [-0.15, -0.1) is 11.3 Å². The molecule has 1 N–H and O–H groups in total. The van der Waals surface area contributed by atoms with Gasteiger partial charge in [0.05, 0.1) is 17.1 Å². The molecule has 1 rings (SSSR count). The zero-order valence-electron chi connectivity index (χ0n) is 8.27. The third-order valence-corrected chi connectivity index (χ3v) is 3.05. The minimum atomic E-state index is 0.576. The monoisotopic (exact) mass is 236 g/mol. The van der Waals surface area contributed by atoms with Crippen LogP contribution in [0.2, 0.25) is 0 Å². The van der Waals surface area contributed by atoms with Crippen LogP contribution in [0.15, 0.2) is 47.9 Å². The standard InChI is InChI=1S/C11H12N2S2/c1-3-9(12-4-2)8-13-11(14)10-6-5-7-15-10/h3-7H,1-2,8H2,(H,13,14). The molecular weight excluding hydrogens is 224 g/mol. The van der Waals surface area contributed by atoms with Crippen molar-refractivity contribution in [3.63, 3.8) is 0 Å². The van der Waals surface area contributed by atoms with E-state index in [0.29, 0.717) is 6.54 Å². The van der Waals surface area contributed by atoms with E-state index in [2.05, 4.69) is 23.5 Å². The molecule has 0 radical (unpaired) electrons. The first-order chi connectivity index (χ1) is 7.27. The molecule has 1 heterocycles. The number of nitrogens with one attached hydrogen (secondary N) is 1. The lowest BCUT2D eigenvalue weighted by molar-refractivity contribution is 1.10. The van der Waals surface area contributed by atoms with Gasteiger partial charge in [0.15, 0.2) is 0 Å². The third-order valence-electron chi connectivity index (χ3n) is 1.67. The summed E-state index contributed by atoms with van der Waals surface area (Å²) in [6, 6.07) is 3.96. The maximum atomic E-state index is 5.21.